The quantitative estimate of drug-likeness (QED) is 0.325. The predicted molar refractivity (Wildman–Crippen MR) is 176 cm³/mol. The SMILES string of the molecule is Cn1ccc(C2CN(C(=O)[C@@H]3CC[C@@H]4CCCC[C@H](NC(=O)c5ccc6ccc(C(F)(F)P(=O)(O)O)cc6c5)C(=O)N43)C3(CC3)C2)cc1=O. The van der Waals surface area contributed by atoms with Crippen molar-refractivity contribution < 1.29 is 37.5 Å². The van der Waals surface area contributed by atoms with Crippen LogP contribution in [0, 0.1) is 0 Å². The molecule has 49 heavy (non-hydrogen) atoms. The summed E-state index contributed by atoms with van der Waals surface area (Å²) in [6, 6.07) is 9.48. The van der Waals surface area contributed by atoms with Gasteiger partial charge in [0.05, 0.1) is 0 Å². The van der Waals surface area contributed by atoms with Crippen molar-refractivity contribution in [3.8, 4) is 0 Å². The zero-order valence-electron chi connectivity index (χ0n) is 27.1. The van der Waals surface area contributed by atoms with Crippen molar-refractivity contribution in [1.29, 1.82) is 0 Å². The number of pyridine rings is 1. The van der Waals surface area contributed by atoms with Crippen LogP contribution >= 0.6 is 7.60 Å². The lowest BCUT2D eigenvalue weighted by molar-refractivity contribution is -0.148. The van der Waals surface area contributed by atoms with E-state index in [0.29, 0.717) is 37.6 Å². The Morgan fingerprint density at radius 2 is 1.69 bits per heavy atom. The first-order chi connectivity index (χ1) is 23.2. The third-order valence-corrected chi connectivity index (χ3v) is 12.0. The molecule has 4 heterocycles. The van der Waals surface area contributed by atoms with Crippen LogP contribution in [0.1, 0.15) is 85.2 Å². The van der Waals surface area contributed by atoms with E-state index in [2.05, 4.69) is 5.32 Å². The number of carbonyl (C=O) groups excluding carboxylic acids is 3. The van der Waals surface area contributed by atoms with Crippen LogP contribution in [-0.4, -0.2) is 72.1 Å². The summed E-state index contributed by atoms with van der Waals surface area (Å²) in [5.74, 6) is -0.957. The Kier molecular flexibility index (Phi) is 8.31. The molecule has 1 saturated carbocycles. The molecule has 1 spiro atoms. The van der Waals surface area contributed by atoms with Crippen LogP contribution in [0.2, 0.25) is 0 Å². The Morgan fingerprint density at radius 3 is 2.41 bits per heavy atom. The van der Waals surface area contributed by atoms with Crippen molar-refractivity contribution in [1.82, 2.24) is 19.7 Å². The fourth-order valence-electron chi connectivity index (χ4n) is 8.10. The van der Waals surface area contributed by atoms with Gasteiger partial charge in [0.15, 0.2) is 0 Å². The van der Waals surface area contributed by atoms with Gasteiger partial charge in [-0.25, -0.2) is 0 Å². The van der Waals surface area contributed by atoms with Crippen molar-refractivity contribution in [2.24, 2.45) is 7.05 Å². The Labute approximate surface area is 281 Å². The van der Waals surface area contributed by atoms with Gasteiger partial charge in [-0.2, -0.15) is 8.78 Å². The van der Waals surface area contributed by atoms with E-state index in [0.717, 1.165) is 49.8 Å². The van der Waals surface area contributed by atoms with Gasteiger partial charge in [-0.15, -0.1) is 0 Å². The molecule has 2 aromatic carbocycles. The summed E-state index contributed by atoms with van der Waals surface area (Å²) in [6.07, 6.45) is 8.18. The summed E-state index contributed by atoms with van der Waals surface area (Å²) < 4.78 is 41.8. The van der Waals surface area contributed by atoms with E-state index >= 15 is 0 Å². The van der Waals surface area contributed by atoms with E-state index in [1.54, 1.807) is 30.3 Å². The highest BCUT2D eigenvalue weighted by Gasteiger charge is 2.58. The molecule has 260 valence electrons. The molecule has 4 aliphatic rings. The van der Waals surface area contributed by atoms with Crippen molar-refractivity contribution in [3.05, 3.63) is 81.8 Å². The average Bonchev–Trinajstić information content (AvgIpc) is 3.55. The largest absolute Gasteiger partial charge is 0.399 e. The van der Waals surface area contributed by atoms with Gasteiger partial charge >= 0.3 is 13.3 Å². The zero-order chi connectivity index (χ0) is 34.9. The summed E-state index contributed by atoms with van der Waals surface area (Å²) in [5, 5.41) is 3.50. The fraction of sp³-hybridized carbons (Fsp3) is 0.486. The highest BCUT2D eigenvalue weighted by molar-refractivity contribution is 7.52. The van der Waals surface area contributed by atoms with Crippen molar-refractivity contribution in [2.45, 2.75) is 93.0 Å². The van der Waals surface area contributed by atoms with Crippen LogP contribution in [0.5, 0.6) is 0 Å². The first kappa shape index (κ1) is 33.6. The number of hydrogen-bond acceptors (Lipinski definition) is 5. The molecule has 3 N–H and O–H groups in total. The minimum absolute atomic E-state index is 0.0358. The van der Waals surface area contributed by atoms with Crippen molar-refractivity contribution in [2.75, 3.05) is 6.54 Å². The lowest BCUT2D eigenvalue weighted by Crippen LogP contribution is -2.57. The highest BCUT2D eigenvalue weighted by atomic mass is 31.2. The molecule has 3 aliphatic heterocycles. The monoisotopic (exact) mass is 696 g/mol. The molecular formula is C35H39F2N4O7P. The zero-order valence-corrected chi connectivity index (χ0v) is 28.0. The third kappa shape index (κ3) is 5.99. The maximum absolute atomic E-state index is 14.4. The van der Waals surface area contributed by atoms with Gasteiger partial charge in [0.2, 0.25) is 11.8 Å². The molecule has 1 aliphatic carbocycles. The molecule has 3 aromatic rings. The van der Waals surface area contributed by atoms with Crippen LogP contribution in [0.15, 0.2) is 59.5 Å². The van der Waals surface area contributed by atoms with Gasteiger partial charge < -0.3 is 29.5 Å². The Balaban J connectivity index is 1.10. The lowest BCUT2D eigenvalue weighted by Gasteiger charge is -2.37. The van der Waals surface area contributed by atoms with E-state index in [1.165, 1.54) is 22.8 Å². The molecule has 3 amide bonds. The summed E-state index contributed by atoms with van der Waals surface area (Å²) in [7, 11) is -4.09. The van der Waals surface area contributed by atoms with Gasteiger partial charge in [-0.1, -0.05) is 31.0 Å². The smallest absolute Gasteiger partial charge is 0.340 e. The number of halogens is 2. The second-order valence-electron chi connectivity index (χ2n) is 14.1. The minimum atomic E-state index is -5.79. The Bertz CT molecular complexity index is 1960. The molecule has 11 nitrogen and oxygen atoms in total. The van der Waals surface area contributed by atoms with Gasteiger partial charge in [0.1, 0.15) is 12.1 Å². The van der Waals surface area contributed by atoms with E-state index < -0.39 is 36.8 Å². The molecule has 0 radical (unpaired) electrons. The number of aryl methyl sites for hydroxylation is 1. The Morgan fingerprint density at radius 1 is 0.959 bits per heavy atom. The number of nitrogens with zero attached hydrogens (tertiary/aromatic N) is 3. The van der Waals surface area contributed by atoms with Gasteiger partial charge in [-0.05, 0) is 85.5 Å². The number of alkyl halides is 2. The van der Waals surface area contributed by atoms with Gasteiger partial charge in [-0.3, -0.25) is 23.7 Å². The normalized spacial score (nSPS) is 25.3. The topological polar surface area (TPSA) is 149 Å². The number of carbonyl (C=O) groups is 3. The number of fused-ring (bicyclic) bond motifs is 2. The van der Waals surface area contributed by atoms with Gasteiger partial charge in [0, 0.05) is 54.5 Å². The first-order valence-electron chi connectivity index (χ1n) is 16.8. The summed E-state index contributed by atoms with van der Waals surface area (Å²) >= 11 is 0. The maximum atomic E-state index is 14.4. The standard InChI is InChI=1S/C35H39F2N4O7P/c1-39-15-12-22(18-30(39)42)25-19-34(13-14-34)40(20-25)33(45)29-11-10-27-4-2-3-5-28(32(44)41(27)29)38-31(43)23-7-6-21-8-9-26(17-24(21)16-23)35(36,37)49(46,47)48/h6-9,12,15-18,25,27-29H,2-5,10-11,13-14,19-20H2,1H3,(H,38,43)(H2,46,47,48)/t25?,27-,28-,29-/m0/s1. The Hall–Kier alpha value is -3.93. The average molecular weight is 697 g/mol. The molecule has 0 bridgehead atoms. The second-order valence-corrected chi connectivity index (χ2v) is 15.8. The lowest BCUT2D eigenvalue weighted by atomic mass is 9.96. The van der Waals surface area contributed by atoms with E-state index in [9.17, 15) is 42.3 Å². The van der Waals surface area contributed by atoms with E-state index in [4.69, 9.17) is 0 Å². The predicted octanol–water partition coefficient (Wildman–Crippen LogP) is 4.35. The molecule has 4 atom stereocenters. The first-order valence-corrected chi connectivity index (χ1v) is 18.4. The summed E-state index contributed by atoms with van der Waals surface area (Å²) in [6.45, 7) is 0.485. The van der Waals surface area contributed by atoms with Crippen molar-refractivity contribution >= 4 is 36.1 Å². The van der Waals surface area contributed by atoms with E-state index in [-0.39, 0.29) is 45.8 Å². The van der Waals surface area contributed by atoms with E-state index in [1.807, 2.05) is 11.0 Å². The molecule has 1 aromatic heterocycles. The van der Waals surface area contributed by atoms with Crippen LogP contribution in [0.25, 0.3) is 10.8 Å². The molecule has 7 rings (SSSR count). The number of aromatic nitrogens is 1. The minimum Gasteiger partial charge on any atom is -0.340 e. The van der Waals surface area contributed by atoms with Gasteiger partial charge in [0.25, 0.3) is 11.5 Å². The van der Waals surface area contributed by atoms with Crippen LogP contribution in [0.3, 0.4) is 0 Å². The maximum Gasteiger partial charge on any atom is 0.399 e. The van der Waals surface area contributed by atoms with Crippen LogP contribution in [-0.2, 0) is 26.9 Å². The summed E-state index contributed by atoms with van der Waals surface area (Å²) in [4.78, 5) is 76.4. The molecule has 3 saturated heterocycles. The summed E-state index contributed by atoms with van der Waals surface area (Å²) in [5.41, 5.74) is -4.62. The second kappa shape index (κ2) is 12.1. The van der Waals surface area contributed by atoms with Crippen LogP contribution in [0.4, 0.5) is 8.78 Å². The number of nitrogens with one attached hydrogen (secondary N) is 1. The van der Waals surface area contributed by atoms with Crippen LogP contribution < -0.4 is 10.9 Å². The fourth-order valence-corrected chi connectivity index (χ4v) is 8.58. The molecule has 14 heteroatoms. The number of rotatable bonds is 6. The number of hydrogen-bond donors (Lipinski definition) is 3. The number of benzene rings is 2. The highest BCUT2D eigenvalue weighted by Crippen LogP contribution is 2.59. The molecule has 1 unspecified atom stereocenters. The number of likely N-dealkylation sites (tertiary alicyclic amines) is 1. The number of amides is 3. The molecule has 4 fully saturated rings. The molecular weight excluding hydrogens is 657 g/mol. The third-order valence-electron chi connectivity index (χ3n) is 11.0. The van der Waals surface area contributed by atoms with Crippen molar-refractivity contribution in [3.63, 3.8) is 0 Å².